The normalized spacial score (nSPS) is 25.5. The third-order valence-electron chi connectivity index (χ3n) is 11.2. The Labute approximate surface area is 292 Å². The zero-order valence-corrected chi connectivity index (χ0v) is 31.3. The zero-order valence-electron chi connectivity index (χ0n) is 30.5. The van der Waals surface area contributed by atoms with Crippen molar-refractivity contribution in [2.75, 3.05) is 18.8 Å². The third kappa shape index (κ3) is 8.61. The molecule has 0 spiro atoms. The molecule has 49 heavy (non-hydrogen) atoms. The summed E-state index contributed by atoms with van der Waals surface area (Å²) in [5.74, 6) is -0.373. The lowest BCUT2D eigenvalue weighted by Crippen LogP contribution is -2.64. The summed E-state index contributed by atoms with van der Waals surface area (Å²) in [5.41, 5.74) is -1.95. The van der Waals surface area contributed by atoms with Gasteiger partial charge in [-0.05, 0) is 68.6 Å². The molecule has 5 amide bonds. The fraction of sp³-hybridized carbons (Fsp3) is 0.806. The highest BCUT2D eigenvalue weighted by Crippen LogP contribution is 2.65. The van der Waals surface area contributed by atoms with E-state index < -0.39 is 73.2 Å². The first-order valence-corrected chi connectivity index (χ1v) is 19.4. The predicted molar refractivity (Wildman–Crippen MR) is 187 cm³/mol. The summed E-state index contributed by atoms with van der Waals surface area (Å²) in [6, 6.07) is -3.61. The van der Waals surface area contributed by atoms with Gasteiger partial charge in [-0.2, -0.15) is 0 Å². The number of piperidine rings is 1. The van der Waals surface area contributed by atoms with E-state index in [9.17, 15) is 32.4 Å². The second kappa shape index (κ2) is 13.9. The maximum Gasteiger partial charge on any atom is 0.315 e. The number of ketones is 1. The van der Waals surface area contributed by atoms with Gasteiger partial charge in [-0.3, -0.25) is 19.2 Å². The smallest absolute Gasteiger partial charge is 0.315 e. The van der Waals surface area contributed by atoms with Crippen LogP contribution >= 0.6 is 0 Å². The van der Waals surface area contributed by atoms with Crippen molar-refractivity contribution in [1.82, 2.24) is 26.2 Å². The van der Waals surface area contributed by atoms with Crippen molar-refractivity contribution < 1.29 is 32.4 Å². The Balaban J connectivity index is 1.55. The first-order valence-electron chi connectivity index (χ1n) is 17.7. The van der Waals surface area contributed by atoms with Crippen LogP contribution in [0.25, 0.3) is 0 Å². The van der Waals surface area contributed by atoms with E-state index in [0.717, 1.165) is 32.1 Å². The van der Waals surface area contributed by atoms with Gasteiger partial charge >= 0.3 is 6.03 Å². The molecule has 4 aliphatic rings. The summed E-state index contributed by atoms with van der Waals surface area (Å²) >= 11 is 0. The Morgan fingerprint density at radius 2 is 1.57 bits per heavy atom. The molecule has 12 nitrogen and oxygen atoms in total. The van der Waals surface area contributed by atoms with Crippen molar-refractivity contribution in [3.63, 3.8) is 0 Å². The molecule has 0 aromatic carbocycles. The monoisotopic (exact) mass is 703 g/mol. The van der Waals surface area contributed by atoms with Gasteiger partial charge in [0.25, 0.3) is 5.91 Å². The third-order valence-corrected chi connectivity index (χ3v) is 14.0. The quantitative estimate of drug-likeness (QED) is 0.179. The molecule has 0 aromatic heterocycles. The van der Waals surface area contributed by atoms with Crippen LogP contribution in [0.15, 0.2) is 0 Å². The number of nitrogens with zero attached hydrogens (tertiary/aromatic N) is 1. The first-order chi connectivity index (χ1) is 22.5. The largest absolute Gasteiger partial charge is 0.344 e. The van der Waals surface area contributed by atoms with Crippen LogP contribution in [0.5, 0.6) is 0 Å². The summed E-state index contributed by atoms with van der Waals surface area (Å²) < 4.78 is 25.6. The van der Waals surface area contributed by atoms with Crippen molar-refractivity contribution in [2.24, 2.45) is 28.6 Å². The van der Waals surface area contributed by atoms with Crippen LogP contribution in [0.1, 0.15) is 107 Å². The van der Waals surface area contributed by atoms with E-state index in [1.807, 2.05) is 34.6 Å². The van der Waals surface area contributed by atoms with Crippen LogP contribution < -0.4 is 21.3 Å². The minimum absolute atomic E-state index is 0.0475. The zero-order chi connectivity index (χ0) is 36.7. The average molecular weight is 704 g/mol. The van der Waals surface area contributed by atoms with Gasteiger partial charge in [0.05, 0.1) is 28.6 Å². The van der Waals surface area contributed by atoms with Crippen LogP contribution in [0, 0.1) is 40.9 Å². The Bertz CT molecular complexity index is 1480. The molecule has 274 valence electrons. The highest BCUT2D eigenvalue weighted by molar-refractivity contribution is 7.92. The van der Waals surface area contributed by atoms with E-state index >= 15 is 0 Å². The van der Waals surface area contributed by atoms with E-state index in [0.29, 0.717) is 25.8 Å². The van der Waals surface area contributed by atoms with Gasteiger partial charge in [0.2, 0.25) is 17.6 Å². The standard InChI is InChI=1S/C36H57N5O7S/c1-10-18-37-30(44)27(42)24(19-22-14-15-22)38-29(43)26-25-23(35(25,8)9)20-41(26)31(45)28(33(2,3)4)39-32(46)40-36(16-12-11-13-17-36)21-49(47,48)34(5,6)7/h1,22-26,28H,11-21H2,2-9H3,(H,37,44)(H,38,43)(H2,39,40,46)/t23-,24?,25-,26-,28+/m0/s1. The number of amides is 5. The molecule has 4 N–H and O–H groups in total. The summed E-state index contributed by atoms with van der Waals surface area (Å²) in [5, 5.41) is 11.1. The van der Waals surface area contributed by atoms with Crippen molar-refractivity contribution in [2.45, 2.75) is 135 Å². The van der Waals surface area contributed by atoms with Crippen molar-refractivity contribution >= 4 is 39.4 Å². The lowest BCUT2D eigenvalue weighted by molar-refractivity contribution is -0.145. The van der Waals surface area contributed by atoms with Gasteiger partial charge in [0.1, 0.15) is 12.1 Å². The molecule has 0 aromatic rings. The van der Waals surface area contributed by atoms with Gasteiger partial charge in [-0.1, -0.05) is 72.6 Å². The molecule has 3 saturated carbocycles. The van der Waals surface area contributed by atoms with E-state index in [1.54, 1.807) is 20.8 Å². The molecule has 1 saturated heterocycles. The molecule has 1 aliphatic heterocycles. The number of likely N-dealkylation sites (tertiary alicyclic amines) is 1. The number of Topliss-reactive ketones (excluding diaryl/α,β-unsaturated/α-hetero) is 1. The summed E-state index contributed by atoms with van der Waals surface area (Å²) in [7, 11) is -3.57. The maximum absolute atomic E-state index is 14.4. The van der Waals surface area contributed by atoms with E-state index in [-0.39, 0.29) is 35.5 Å². The highest BCUT2D eigenvalue weighted by Gasteiger charge is 2.70. The number of rotatable bonds is 12. The Kier molecular flexibility index (Phi) is 10.9. The summed E-state index contributed by atoms with van der Waals surface area (Å²) in [4.78, 5) is 69.4. The van der Waals surface area contributed by atoms with Crippen LogP contribution in [0.4, 0.5) is 4.79 Å². The van der Waals surface area contributed by atoms with E-state index in [4.69, 9.17) is 6.42 Å². The molecule has 4 fully saturated rings. The van der Waals surface area contributed by atoms with Crippen molar-refractivity contribution in [3.05, 3.63) is 0 Å². The highest BCUT2D eigenvalue weighted by atomic mass is 32.2. The molecule has 3 aliphatic carbocycles. The van der Waals surface area contributed by atoms with Crippen LogP contribution in [0.2, 0.25) is 0 Å². The lowest BCUT2D eigenvalue weighted by atomic mass is 9.83. The Hall–Kier alpha value is -3.14. The van der Waals surface area contributed by atoms with Crippen LogP contribution in [-0.4, -0.2) is 90.1 Å². The number of carbonyl (C=O) groups excluding carboxylic acids is 5. The molecular weight excluding hydrogens is 646 g/mol. The first kappa shape index (κ1) is 38.7. The van der Waals surface area contributed by atoms with Gasteiger partial charge in [-0.25, -0.2) is 13.2 Å². The summed E-state index contributed by atoms with van der Waals surface area (Å²) in [6.45, 7) is 14.7. The lowest BCUT2D eigenvalue weighted by Gasteiger charge is -2.41. The number of sulfone groups is 1. The fourth-order valence-electron chi connectivity index (χ4n) is 7.70. The molecule has 5 atom stereocenters. The maximum atomic E-state index is 14.4. The Morgan fingerprint density at radius 1 is 0.959 bits per heavy atom. The Morgan fingerprint density at radius 3 is 2.10 bits per heavy atom. The minimum atomic E-state index is -3.57. The average Bonchev–Trinajstić information content (AvgIpc) is 3.84. The SMILES string of the molecule is C#CCNC(=O)C(=O)C(CC1CC1)NC(=O)[C@@H]1[C@@H]2[C@H](CN1C(=O)[C@@H](NC(=O)NC1(CS(=O)(=O)C(C)(C)C)CCCCC1)C(C)(C)C)C2(C)C. The molecule has 4 rings (SSSR count). The van der Waals surface area contributed by atoms with Crippen LogP contribution in [-0.2, 0) is 29.0 Å². The number of hydrogen-bond donors (Lipinski definition) is 4. The van der Waals surface area contributed by atoms with Crippen molar-refractivity contribution in [1.29, 1.82) is 0 Å². The van der Waals surface area contributed by atoms with E-state index in [2.05, 4.69) is 27.2 Å². The molecule has 0 radical (unpaired) electrons. The van der Waals surface area contributed by atoms with Crippen molar-refractivity contribution in [3.8, 4) is 12.3 Å². The van der Waals surface area contributed by atoms with E-state index in [1.165, 1.54) is 4.90 Å². The molecule has 13 heteroatoms. The second-order valence-corrected chi connectivity index (χ2v) is 20.2. The van der Waals surface area contributed by atoms with Gasteiger partial charge in [0, 0.05) is 6.54 Å². The topological polar surface area (TPSA) is 171 Å². The molecule has 1 heterocycles. The van der Waals surface area contributed by atoms with Gasteiger partial charge < -0.3 is 26.2 Å². The second-order valence-electron chi connectivity index (χ2n) is 17.5. The number of urea groups is 1. The minimum Gasteiger partial charge on any atom is -0.344 e. The predicted octanol–water partition coefficient (Wildman–Crippen LogP) is 2.70. The number of terminal acetylenes is 1. The number of nitrogens with one attached hydrogen (secondary N) is 4. The molecule has 1 unspecified atom stereocenters. The van der Waals surface area contributed by atoms with Crippen LogP contribution in [0.3, 0.4) is 0 Å². The number of hydrogen-bond acceptors (Lipinski definition) is 7. The van der Waals surface area contributed by atoms with Gasteiger partial charge in [0.15, 0.2) is 9.84 Å². The summed E-state index contributed by atoms with van der Waals surface area (Å²) in [6.07, 6.45) is 10.9. The number of carbonyl (C=O) groups is 5. The molecular formula is C36H57N5O7S. The number of fused-ring (bicyclic) bond motifs is 1. The molecule has 0 bridgehead atoms. The van der Waals surface area contributed by atoms with Gasteiger partial charge in [-0.15, -0.1) is 6.42 Å². The fourth-order valence-corrected chi connectivity index (χ4v) is 9.22.